The van der Waals surface area contributed by atoms with E-state index in [1.54, 1.807) is 0 Å². The second-order valence-electron chi connectivity index (χ2n) is 5.54. The molecule has 7 heteroatoms. The van der Waals surface area contributed by atoms with Gasteiger partial charge in [0, 0.05) is 29.4 Å². The van der Waals surface area contributed by atoms with Crippen LogP contribution in [0.25, 0.3) is 10.4 Å². The van der Waals surface area contributed by atoms with Crippen LogP contribution in [-0.2, 0) is 14.3 Å². The van der Waals surface area contributed by atoms with Gasteiger partial charge in [-0.2, -0.15) is 0 Å². The van der Waals surface area contributed by atoms with Crippen molar-refractivity contribution < 1.29 is 14.3 Å². The summed E-state index contributed by atoms with van der Waals surface area (Å²) >= 11 is 0. The number of rotatable bonds is 6. The number of esters is 1. The summed E-state index contributed by atoms with van der Waals surface area (Å²) in [6, 6.07) is -0.787. The molecular formula is C15H24N4O3. The summed E-state index contributed by atoms with van der Waals surface area (Å²) in [5.41, 5.74) is 9.31. The van der Waals surface area contributed by atoms with Crippen LogP contribution in [-0.4, -0.2) is 31.1 Å². The highest BCUT2D eigenvalue weighted by atomic mass is 16.5. The third-order valence-corrected chi connectivity index (χ3v) is 4.26. The van der Waals surface area contributed by atoms with Crippen LogP contribution in [0.2, 0.25) is 0 Å². The maximum Gasteiger partial charge on any atom is 0.333 e. The van der Waals surface area contributed by atoms with Gasteiger partial charge in [-0.3, -0.25) is 4.79 Å². The van der Waals surface area contributed by atoms with Gasteiger partial charge in [0.25, 0.3) is 0 Å². The Kier molecular flexibility index (Phi) is 6.92. The van der Waals surface area contributed by atoms with Crippen LogP contribution >= 0.6 is 0 Å². The van der Waals surface area contributed by atoms with E-state index in [-0.39, 0.29) is 30.2 Å². The van der Waals surface area contributed by atoms with Gasteiger partial charge in [0.1, 0.15) is 0 Å². The Morgan fingerprint density at radius 1 is 1.50 bits per heavy atom. The zero-order valence-corrected chi connectivity index (χ0v) is 13.6. The predicted molar refractivity (Wildman–Crippen MR) is 82.8 cm³/mol. The Bertz CT molecular complexity index is 493. The van der Waals surface area contributed by atoms with Crippen LogP contribution in [0.15, 0.2) is 16.8 Å². The first kappa shape index (κ1) is 18.0. The van der Waals surface area contributed by atoms with E-state index in [4.69, 9.17) is 10.3 Å². The van der Waals surface area contributed by atoms with E-state index in [1.165, 1.54) is 14.0 Å². The van der Waals surface area contributed by atoms with Crippen molar-refractivity contribution >= 4 is 11.9 Å². The van der Waals surface area contributed by atoms with Gasteiger partial charge in [-0.1, -0.05) is 37.9 Å². The molecule has 0 saturated heterocycles. The highest BCUT2D eigenvalue weighted by molar-refractivity contribution is 5.89. The molecule has 3 atom stereocenters. The van der Waals surface area contributed by atoms with Crippen LogP contribution in [0.1, 0.15) is 40.0 Å². The first-order chi connectivity index (χ1) is 10.5. The largest absolute Gasteiger partial charge is 0.466 e. The summed E-state index contributed by atoms with van der Waals surface area (Å²) in [5, 5.41) is 6.70. The Labute approximate surface area is 130 Å². The molecular weight excluding hydrogens is 284 g/mol. The zero-order valence-electron chi connectivity index (χ0n) is 13.6. The van der Waals surface area contributed by atoms with Gasteiger partial charge in [-0.15, -0.1) is 0 Å². The summed E-state index contributed by atoms with van der Waals surface area (Å²) in [4.78, 5) is 26.3. The normalized spacial score (nSPS) is 24.2. The molecule has 1 aliphatic carbocycles. The zero-order chi connectivity index (χ0) is 16.7. The number of amides is 1. The number of methoxy groups -OCH3 is 1. The number of nitrogens with zero attached hydrogens (tertiary/aromatic N) is 3. The van der Waals surface area contributed by atoms with E-state index in [0.717, 1.165) is 12.8 Å². The molecule has 1 amide bonds. The molecule has 0 aromatic heterocycles. The Morgan fingerprint density at radius 3 is 2.59 bits per heavy atom. The molecule has 0 fully saturated rings. The van der Waals surface area contributed by atoms with Gasteiger partial charge < -0.3 is 10.1 Å². The van der Waals surface area contributed by atoms with Gasteiger partial charge in [0.2, 0.25) is 5.91 Å². The standard InChI is InChI=1S/C15H24N4O3/c1-5-10(6-2)12-7-11(15(21)22-4)8-13(18-19-16)14(12)17-9(3)20/h7,10,12-14H,5-6,8H2,1-4H3,(H,17,20)/t12-,13-,14-/m0/s1. The van der Waals surface area contributed by atoms with Gasteiger partial charge in [-0.05, 0) is 17.9 Å². The second kappa shape index (κ2) is 8.44. The minimum absolute atomic E-state index is 0.0581. The molecule has 0 radical (unpaired) electrons. The fourth-order valence-electron chi connectivity index (χ4n) is 3.16. The lowest BCUT2D eigenvalue weighted by molar-refractivity contribution is -0.136. The molecule has 1 N–H and O–H groups in total. The molecule has 0 aromatic carbocycles. The number of azide groups is 1. The Hall–Kier alpha value is -2.01. The molecule has 1 aliphatic rings. The molecule has 0 saturated carbocycles. The quantitative estimate of drug-likeness (QED) is 0.353. The second-order valence-corrected chi connectivity index (χ2v) is 5.54. The van der Waals surface area contributed by atoms with Crippen molar-refractivity contribution in [1.82, 2.24) is 5.32 Å². The van der Waals surface area contributed by atoms with Crippen LogP contribution in [0, 0.1) is 11.8 Å². The van der Waals surface area contributed by atoms with Crippen LogP contribution in [0.3, 0.4) is 0 Å². The SMILES string of the molecule is CCC(CC)[C@@H]1C=C(C(=O)OC)C[C@H](N=[N+]=[N-])[C@H]1NC(C)=O. The topological polar surface area (TPSA) is 104 Å². The Morgan fingerprint density at radius 2 is 2.14 bits per heavy atom. The molecule has 122 valence electrons. The van der Waals surface area contributed by atoms with Crippen molar-refractivity contribution in [2.24, 2.45) is 17.0 Å². The fourth-order valence-corrected chi connectivity index (χ4v) is 3.16. The van der Waals surface area contributed by atoms with Gasteiger partial charge >= 0.3 is 5.97 Å². The fraction of sp³-hybridized carbons (Fsp3) is 0.733. The smallest absolute Gasteiger partial charge is 0.333 e. The van der Waals surface area contributed by atoms with E-state index in [1.807, 2.05) is 6.08 Å². The molecule has 7 nitrogen and oxygen atoms in total. The number of nitrogens with one attached hydrogen (secondary N) is 1. The maximum absolute atomic E-state index is 11.9. The van der Waals surface area contributed by atoms with Crippen molar-refractivity contribution in [2.75, 3.05) is 7.11 Å². The number of carbonyl (C=O) groups excluding carboxylic acids is 2. The molecule has 1 rings (SSSR count). The van der Waals surface area contributed by atoms with Gasteiger partial charge in [0.15, 0.2) is 0 Å². The molecule has 0 spiro atoms. The van der Waals surface area contributed by atoms with Crippen molar-refractivity contribution in [1.29, 1.82) is 0 Å². The summed E-state index contributed by atoms with van der Waals surface area (Å²) in [7, 11) is 1.33. The van der Waals surface area contributed by atoms with E-state index < -0.39 is 12.0 Å². The van der Waals surface area contributed by atoms with E-state index in [0.29, 0.717) is 5.57 Å². The highest BCUT2D eigenvalue weighted by Crippen LogP contribution is 2.34. The number of hydrogen-bond donors (Lipinski definition) is 1. The van der Waals surface area contributed by atoms with E-state index in [9.17, 15) is 9.59 Å². The lowest BCUT2D eigenvalue weighted by Gasteiger charge is -2.38. The summed E-state index contributed by atoms with van der Waals surface area (Å²) in [6.07, 6.45) is 3.97. The molecule has 0 heterocycles. The minimum atomic E-state index is -0.487. The lowest BCUT2D eigenvalue weighted by atomic mass is 9.74. The average molecular weight is 308 g/mol. The van der Waals surface area contributed by atoms with Crippen molar-refractivity contribution in [3.05, 3.63) is 22.1 Å². The number of ether oxygens (including phenoxy) is 1. The monoisotopic (exact) mass is 308 g/mol. The number of hydrogen-bond acceptors (Lipinski definition) is 4. The molecule has 0 bridgehead atoms. The first-order valence-electron chi connectivity index (χ1n) is 7.58. The minimum Gasteiger partial charge on any atom is -0.466 e. The molecule has 0 aromatic rings. The van der Waals surface area contributed by atoms with E-state index >= 15 is 0 Å². The summed E-state index contributed by atoms with van der Waals surface area (Å²) in [6.45, 7) is 5.58. The van der Waals surface area contributed by atoms with Crippen LogP contribution in [0.4, 0.5) is 0 Å². The van der Waals surface area contributed by atoms with Crippen LogP contribution < -0.4 is 5.32 Å². The van der Waals surface area contributed by atoms with E-state index in [2.05, 4.69) is 29.2 Å². The third-order valence-electron chi connectivity index (χ3n) is 4.26. The third kappa shape index (κ3) is 4.24. The van der Waals surface area contributed by atoms with Gasteiger partial charge in [0.05, 0.1) is 13.2 Å². The van der Waals surface area contributed by atoms with Crippen molar-refractivity contribution in [3.63, 3.8) is 0 Å². The first-order valence-corrected chi connectivity index (χ1v) is 7.58. The van der Waals surface area contributed by atoms with Crippen molar-refractivity contribution in [3.8, 4) is 0 Å². The van der Waals surface area contributed by atoms with Gasteiger partial charge in [-0.25, -0.2) is 4.79 Å². The maximum atomic E-state index is 11.9. The average Bonchev–Trinajstić information content (AvgIpc) is 2.50. The lowest BCUT2D eigenvalue weighted by Crippen LogP contribution is -2.50. The van der Waals surface area contributed by atoms with Crippen molar-refractivity contribution in [2.45, 2.75) is 52.1 Å². The molecule has 0 unspecified atom stereocenters. The number of carbonyl (C=O) groups is 2. The summed E-state index contributed by atoms with van der Waals surface area (Å²) in [5.74, 6) is -0.352. The predicted octanol–water partition coefficient (Wildman–Crippen LogP) is 2.73. The summed E-state index contributed by atoms with van der Waals surface area (Å²) < 4.78 is 4.80. The Balaban J connectivity index is 3.27. The molecule has 22 heavy (non-hydrogen) atoms. The molecule has 0 aliphatic heterocycles. The highest BCUT2D eigenvalue weighted by Gasteiger charge is 2.38. The van der Waals surface area contributed by atoms with Crippen LogP contribution in [0.5, 0.6) is 0 Å².